The van der Waals surface area contributed by atoms with Crippen LogP contribution >= 0.6 is 0 Å². The van der Waals surface area contributed by atoms with E-state index in [4.69, 9.17) is 0 Å². The fourth-order valence-corrected chi connectivity index (χ4v) is 2.09. The quantitative estimate of drug-likeness (QED) is 0.602. The van der Waals surface area contributed by atoms with Crippen LogP contribution in [0.15, 0.2) is 0 Å². The minimum absolute atomic E-state index is 0.552. The number of hydrogen-bond acceptors (Lipinski definition) is 3. The summed E-state index contributed by atoms with van der Waals surface area (Å²) in [7, 11) is 1.74. The molecule has 1 heterocycles. The smallest absolute Gasteiger partial charge is 0.203 e. The molecule has 12 heavy (non-hydrogen) atoms. The normalized spacial score (nSPS) is 22.3. The molecule has 0 radical (unpaired) electrons. The van der Waals surface area contributed by atoms with E-state index in [0.717, 1.165) is 12.8 Å². The molecule has 0 N–H and O–H groups in total. The Balaban J connectivity index is 2.39. The van der Waals surface area contributed by atoms with E-state index in [0.29, 0.717) is 19.1 Å². The molecule has 1 aliphatic rings. The number of rotatable bonds is 2. The highest BCUT2D eigenvalue weighted by Gasteiger charge is 2.21. The van der Waals surface area contributed by atoms with Crippen LogP contribution in [0.1, 0.15) is 12.8 Å². The average molecular weight is 192 g/mol. The van der Waals surface area contributed by atoms with Crippen LogP contribution in [-0.4, -0.2) is 50.8 Å². The summed E-state index contributed by atoms with van der Waals surface area (Å²) in [6.07, 6.45) is 1.91. The first-order chi connectivity index (χ1) is 5.61. The van der Waals surface area contributed by atoms with Crippen LogP contribution in [0.4, 0.5) is 0 Å². The first kappa shape index (κ1) is 9.95. The summed E-state index contributed by atoms with van der Waals surface area (Å²) in [4.78, 5) is 2.16. The number of thiol groups is 1. The number of nitrogens with zero attached hydrogens (tertiary/aromatic N) is 2. The lowest BCUT2D eigenvalue weighted by Gasteiger charge is -2.31. The minimum Gasteiger partial charge on any atom is -0.306 e. The van der Waals surface area contributed by atoms with Crippen LogP contribution in [0.2, 0.25) is 0 Å². The van der Waals surface area contributed by atoms with Gasteiger partial charge in [0.25, 0.3) is 0 Å². The van der Waals surface area contributed by atoms with Gasteiger partial charge in [0, 0.05) is 19.1 Å². The van der Waals surface area contributed by atoms with Gasteiger partial charge in [0.15, 0.2) is 0 Å². The molecule has 0 aliphatic carbocycles. The topological polar surface area (TPSA) is 40.6 Å². The van der Waals surface area contributed by atoms with Crippen molar-refractivity contribution >= 4 is 10.9 Å². The lowest BCUT2D eigenvalue weighted by atomic mass is 10.1. The maximum absolute atomic E-state index is 10.6. The molecular weight excluding hydrogens is 176 g/mol. The van der Waals surface area contributed by atoms with Crippen molar-refractivity contribution < 1.29 is 8.42 Å². The summed E-state index contributed by atoms with van der Waals surface area (Å²) < 4.78 is 22.7. The molecule has 0 spiro atoms. The minimum atomic E-state index is -2.34. The zero-order chi connectivity index (χ0) is 9.14. The van der Waals surface area contributed by atoms with E-state index in [1.807, 2.05) is 14.1 Å². The second-order valence-corrected chi connectivity index (χ2v) is 4.43. The van der Waals surface area contributed by atoms with Crippen molar-refractivity contribution in [3.8, 4) is 0 Å². The van der Waals surface area contributed by atoms with Crippen molar-refractivity contribution in [2.45, 2.75) is 18.9 Å². The zero-order valence-corrected chi connectivity index (χ0v) is 8.46. The Kier molecular flexibility index (Phi) is 3.49. The van der Waals surface area contributed by atoms with E-state index < -0.39 is 10.9 Å². The fraction of sp³-hybridized carbons (Fsp3) is 1.00. The van der Waals surface area contributed by atoms with Crippen LogP contribution in [0.25, 0.3) is 0 Å². The zero-order valence-electron chi connectivity index (χ0n) is 7.56. The van der Waals surface area contributed by atoms with E-state index in [1.54, 1.807) is 0 Å². The highest BCUT2D eigenvalue weighted by molar-refractivity contribution is 7.69. The second kappa shape index (κ2) is 4.20. The van der Waals surface area contributed by atoms with Gasteiger partial charge in [0.05, 0.1) is 0 Å². The van der Waals surface area contributed by atoms with E-state index in [9.17, 15) is 8.42 Å². The Labute approximate surface area is 75.2 Å². The third kappa shape index (κ3) is 2.43. The molecule has 1 fully saturated rings. The molecular formula is C7H16N2O2S. The maximum Gasteiger partial charge on any atom is 0.203 e. The van der Waals surface area contributed by atoms with Crippen molar-refractivity contribution in [3.05, 3.63) is 0 Å². The summed E-state index contributed by atoms with van der Waals surface area (Å²) in [5.41, 5.74) is 0. The van der Waals surface area contributed by atoms with Gasteiger partial charge in [-0.05, 0) is 26.9 Å². The highest BCUT2D eigenvalue weighted by atomic mass is 32.2. The molecule has 72 valence electrons. The first-order valence-corrected chi connectivity index (χ1v) is 5.30. The molecule has 0 bridgehead atoms. The van der Waals surface area contributed by atoms with Gasteiger partial charge < -0.3 is 4.90 Å². The van der Waals surface area contributed by atoms with Gasteiger partial charge in [0.1, 0.15) is 0 Å². The Hall–Kier alpha value is -0.130. The second-order valence-electron chi connectivity index (χ2n) is 3.39. The molecule has 0 saturated carbocycles. The van der Waals surface area contributed by atoms with Gasteiger partial charge in [-0.1, -0.05) is 0 Å². The number of piperidine rings is 1. The van der Waals surface area contributed by atoms with E-state index in [-0.39, 0.29) is 0 Å². The molecule has 5 heteroatoms. The predicted molar refractivity (Wildman–Crippen MR) is 48.6 cm³/mol. The van der Waals surface area contributed by atoms with Crippen molar-refractivity contribution in [1.82, 2.24) is 9.21 Å². The lowest BCUT2D eigenvalue weighted by Crippen LogP contribution is -2.41. The molecule has 1 rings (SSSR count). The summed E-state index contributed by atoms with van der Waals surface area (Å²) >= 11 is 0. The molecule has 0 aromatic rings. The Morgan fingerprint density at radius 1 is 1.25 bits per heavy atom. The lowest BCUT2D eigenvalue weighted by molar-refractivity contribution is 0.199. The van der Waals surface area contributed by atoms with Gasteiger partial charge in [-0.2, -0.15) is 0 Å². The van der Waals surface area contributed by atoms with Gasteiger partial charge >= 0.3 is 0 Å². The molecule has 0 aromatic carbocycles. The van der Waals surface area contributed by atoms with Gasteiger partial charge in [-0.15, -0.1) is 0 Å². The van der Waals surface area contributed by atoms with Crippen LogP contribution in [0, 0.1) is 0 Å². The van der Waals surface area contributed by atoms with Crippen molar-refractivity contribution in [2.75, 3.05) is 27.2 Å². The predicted octanol–water partition coefficient (Wildman–Crippen LogP) is -0.461. The van der Waals surface area contributed by atoms with Gasteiger partial charge in [0.2, 0.25) is 10.9 Å². The molecule has 4 nitrogen and oxygen atoms in total. The molecule has 0 amide bonds. The van der Waals surface area contributed by atoms with E-state index in [2.05, 4.69) is 4.90 Å². The largest absolute Gasteiger partial charge is 0.306 e. The standard InChI is InChI=1S/C7H16N2O2S/c1-8(2)7-3-5-9(6-4-7)12(10)11/h7,12H,3-6H2,1-2H3. The molecule has 1 aliphatic heterocycles. The highest BCUT2D eigenvalue weighted by Crippen LogP contribution is 2.13. The van der Waals surface area contributed by atoms with Crippen LogP contribution in [0.3, 0.4) is 0 Å². The summed E-state index contributed by atoms with van der Waals surface area (Å²) in [6, 6.07) is 0.552. The van der Waals surface area contributed by atoms with E-state index in [1.165, 1.54) is 4.31 Å². The van der Waals surface area contributed by atoms with Crippen LogP contribution < -0.4 is 0 Å². The van der Waals surface area contributed by atoms with Crippen LogP contribution in [0.5, 0.6) is 0 Å². The first-order valence-electron chi connectivity index (χ1n) is 4.17. The van der Waals surface area contributed by atoms with Gasteiger partial charge in [-0.3, -0.25) is 0 Å². The summed E-state index contributed by atoms with van der Waals surface area (Å²) in [5, 5.41) is 0. The Morgan fingerprint density at radius 2 is 1.75 bits per heavy atom. The molecule has 0 aromatic heterocycles. The monoisotopic (exact) mass is 192 g/mol. The van der Waals surface area contributed by atoms with Gasteiger partial charge in [-0.25, -0.2) is 12.7 Å². The Bertz CT molecular complexity index is 199. The summed E-state index contributed by atoms with van der Waals surface area (Å²) in [6.45, 7) is 1.36. The number of hydrogen-bond donors (Lipinski definition) is 1. The van der Waals surface area contributed by atoms with Crippen LogP contribution in [-0.2, 0) is 10.9 Å². The fourth-order valence-electron chi connectivity index (χ4n) is 1.53. The summed E-state index contributed by atoms with van der Waals surface area (Å²) in [5.74, 6) is 0. The molecule has 0 atom stereocenters. The van der Waals surface area contributed by atoms with E-state index >= 15 is 0 Å². The molecule has 0 unspecified atom stereocenters. The SMILES string of the molecule is CN(C)C1CCN([SH](=O)=O)CC1. The van der Waals surface area contributed by atoms with Crippen molar-refractivity contribution in [1.29, 1.82) is 0 Å². The molecule has 1 saturated heterocycles. The van der Waals surface area contributed by atoms with Crippen molar-refractivity contribution in [2.24, 2.45) is 0 Å². The average Bonchev–Trinajstić information content (AvgIpc) is 2.04. The Morgan fingerprint density at radius 3 is 2.08 bits per heavy atom. The third-order valence-corrected chi connectivity index (χ3v) is 3.26. The third-order valence-electron chi connectivity index (χ3n) is 2.40. The van der Waals surface area contributed by atoms with Crippen molar-refractivity contribution in [3.63, 3.8) is 0 Å². The maximum atomic E-state index is 10.6.